The first-order valence-electron chi connectivity index (χ1n) is 5.22. The van der Waals surface area contributed by atoms with Gasteiger partial charge in [-0.2, -0.15) is 0 Å². The number of methoxy groups -OCH3 is 1. The van der Waals surface area contributed by atoms with E-state index in [1.54, 1.807) is 13.8 Å². The van der Waals surface area contributed by atoms with Gasteiger partial charge in [-0.3, -0.25) is 4.79 Å². The molecule has 0 rings (SSSR count). The molecule has 0 fully saturated rings. The van der Waals surface area contributed by atoms with Gasteiger partial charge in [0.2, 0.25) is 0 Å². The Morgan fingerprint density at radius 3 is 2.20 bits per heavy atom. The second-order valence-corrected chi connectivity index (χ2v) is 4.59. The molecule has 0 unspecified atom stereocenters. The average Bonchev–Trinajstić information content (AvgIpc) is 2.14. The second kappa shape index (κ2) is 5.47. The lowest BCUT2D eigenvalue weighted by molar-refractivity contribution is -0.141. The lowest BCUT2D eigenvalue weighted by Crippen LogP contribution is -2.48. The first-order valence-corrected chi connectivity index (χ1v) is 5.22. The van der Waals surface area contributed by atoms with Gasteiger partial charge in [-0.1, -0.05) is 0 Å². The predicted molar refractivity (Wildman–Crippen MR) is 59.8 cm³/mol. The SMILES string of the molecule is CCOC(C)(C)CNC(=O)C(C)(C)OC. The van der Waals surface area contributed by atoms with Gasteiger partial charge in [0.1, 0.15) is 5.60 Å². The Morgan fingerprint density at radius 2 is 1.80 bits per heavy atom. The number of nitrogens with one attached hydrogen (secondary N) is 1. The molecule has 0 heterocycles. The lowest BCUT2D eigenvalue weighted by atomic mass is 10.1. The van der Waals surface area contributed by atoms with Crippen LogP contribution in [-0.2, 0) is 14.3 Å². The molecule has 0 aromatic heterocycles. The third kappa shape index (κ3) is 5.14. The minimum Gasteiger partial charge on any atom is -0.374 e. The minimum atomic E-state index is -0.789. The number of hydrogen-bond donors (Lipinski definition) is 1. The fourth-order valence-corrected chi connectivity index (χ4v) is 1.04. The van der Waals surface area contributed by atoms with Gasteiger partial charge in [0.25, 0.3) is 5.91 Å². The van der Waals surface area contributed by atoms with Crippen LogP contribution in [0, 0.1) is 0 Å². The smallest absolute Gasteiger partial charge is 0.251 e. The van der Waals surface area contributed by atoms with Crippen molar-refractivity contribution in [2.75, 3.05) is 20.3 Å². The van der Waals surface area contributed by atoms with Crippen molar-refractivity contribution in [2.24, 2.45) is 0 Å². The summed E-state index contributed by atoms with van der Waals surface area (Å²) in [6.07, 6.45) is 0. The predicted octanol–water partition coefficient (Wildman–Crippen LogP) is 1.34. The molecular formula is C11H23NO3. The summed E-state index contributed by atoms with van der Waals surface area (Å²) in [5.74, 6) is -0.127. The third-order valence-electron chi connectivity index (χ3n) is 2.27. The zero-order chi connectivity index (χ0) is 12.1. The Hall–Kier alpha value is -0.610. The third-order valence-corrected chi connectivity index (χ3v) is 2.27. The van der Waals surface area contributed by atoms with E-state index in [0.29, 0.717) is 13.2 Å². The number of amides is 1. The van der Waals surface area contributed by atoms with E-state index in [4.69, 9.17) is 9.47 Å². The van der Waals surface area contributed by atoms with E-state index in [1.165, 1.54) is 7.11 Å². The summed E-state index contributed by atoms with van der Waals surface area (Å²) in [7, 11) is 1.52. The Morgan fingerprint density at radius 1 is 1.27 bits per heavy atom. The summed E-state index contributed by atoms with van der Waals surface area (Å²) in [6, 6.07) is 0. The molecule has 4 nitrogen and oxygen atoms in total. The van der Waals surface area contributed by atoms with Crippen LogP contribution in [0.25, 0.3) is 0 Å². The topological polar surface area (TPSA) is 47.6 Å². The molecule has 1 N–H and O–H groups in total. The number of ether oxygens (including phenoxy) is 2. The average molecular weight is 217 g/mol. The molecule has 0 radical (unpaired) electrons. The van der Waals surface area contributed by atoms with Crippen molar-refractivity contribution >= 4 is 5.91 Å². The van der Waals surface area contributed by atoms with Gasteiger partial charge in [-0.25, -0.2) is 0 Å². The summed E-state index contributed by atoms with van der Waals surface area (Å²) < 4.78 is 10.5. The fourth-order valence-electron chi connectivity index (χ4n) is 1.04. The van der Waals surface area contributed by atoms with E-state index in [-0.39, 0.29) is 11.5 Å². The van der Waals surface area contributed by atoms with E-state index in [0.717, 1.165) is 0 Å². The maximum absolute atomic E-state index is 11.7. The van der Waals surface area contributed by atoms with Crippen molar-refractivity contribution < 1.29 is 14.3 Å². The number of carbonyl (C=O) groups excluding carboxylic acids is 1. The van der Waals surface area contributed by atoms with Crippen LogP contribution in [0.2, 0.25) is 0 Å². The fraction of sp³-hybridized carbons (Fsp3) is 0.909. The van der Waals surface area contributed by atoms with Crippen LogP contribution in [-0.4, -0.2) is 37.4 Å². The normalized spacial score (nSPS) is 12.7. The molecular weight excluding hydrogens is 194 g/mol. The Bertz CT molecular complexity index is 212. The van der Waals surface area contributed by atoms with Crippen LogP contribution < -0.4 is 5.32 Å². The molecule has 0 saturated heterocycles. The zero-order valence-corrected chi connectivity index (χ0v) is 10.6. The molecule has 0 aliphatic rings. The first kappa shape index (κ1) is 14.4. The van der Waals surface area contributed by atoms with Gasteiger partial charge in [-0.15, -0.1) is 0 Å². The van der Waals surface area contributed by atoms with Crippen molar-refractivity contribution in [3.05, 3.63) is 0 Å². The number of carbonyl (C=O) groups is 1. The Balaban J connectivity index is 4.11. The first-order chi connectivity index (χ1) is 6.75. The van der Waals surface area contributed by atoms with Crippen molar-refractivity contribution in [3.63, 3.8) is 0 Å². The van der Waals surface area contributed by atoms with Crippen LogP contribution in [0.15, 0.2) is 0 Å². The zero-order valence-electron chi connectivity index (χ0n) is 10.6. The van der Waals surface area contributed by atoms with E-state index < -0.39 is 5.60 Å². The van der Waals surface area contributed by atoms with E-state index >= 15 is 0 Å². The monoisotopic (exact) mass is 217 g/mol. The molecule has 0 aliphatic heterocycles. The largest absolute Gasteiger partial charge is 0.374 e. The van der Waals surface area contributed by atoms with Crippen LogP contribution in [0.1, 0.15) is 34.6 Å². The molecule has 0 aromatic carbocycles. The van der Waals surface area contributed by atoms with Crippen molar-refractivity contribution in [1.82, 2.24) is 5.32 Å². The molecule has 1 amide bonds. The Labute approximate surface area is 92.3 Å². The summed E-state index contributed by atoms with van der Waals surface area (Å²) in [5.41, 5.74) is -1.13. The molecule has 0 aromatic rings. The van der Waals surface area contributed by atoms with Crippen LogP contribution in [0.5, 0.6) is 0 Å². The molecule has 0 bridgehead atoms. The molecule has 90 valence electrons. The van der Waals surface area contributed by atoms with E-state index in [9.17, 15) is 4.79 Å². The van der Waals surface area contributed by atoms with Crippen LogP contribution in [0.3, 0.4) is 0 Å². The van der Waals surface area contributed by atoms with Crippen LogP contribution >= 0.6 is 0 Å². The highest BCUT2D eigenvalue weighted by atomic mass is 16.5. The summed E-state index contributed by atoms with van der Waals surface area (Å²) in [4.78, 5) is 11.7. The van der Waals surface area contributed by atoms with E-state index in [1.807, 2.05) is 20.8 Å². The van der Waals surface area contributed by atoms with Gasteiger partial charge in [-0.05, 0) is 34.6 Å². The molecule has 0 aliphatic carbocycles. The lowest BCUT2D eigenvalue weighted by Gasteiger charge is -2.28. The molecule has 0 spiro atoms. The van der Waals surface area contributed by atoms with Gasteiger partial charge in [0, 0.05) is 20.3 Å². The molecule has 4 heteroatoms. The number of hydrogen-bond acceptors (Lipinski definition) is 3. The molecule has 15 heavy (non-hydrogen) atoms. The van der Waals surface area contributed by atoms with Gasteiger partial charge in [0.15, 0.2) is 0 Å². The number of rotatable bonds is 6. The summed E-state index contributed by atoms with van der Waals surface area (Å²) in [5, 5.41) is 2.81. The maximum Gasteiger partial charge on any atom is 0.251 e. The van der Waals surface area contributed by atoms with Crippen molar-refractivity contribution in [3.8, 4) is 0 Å². The highest BCUT2D eigenvalue weighted by Crippen LogP contribution is 2.10. The highest BCUT2D eigenvalue weighted by Gasteiger charge is 2.28. The highest BCUT2D eigenvalue weighted by molar-refractivity contribution is 5.84. The maximum atomic E-state index is 11.7. The van der Waals surface area contributed by atoms with Crippen molar-refractivity contribution in [1.29, 1.82) is 0 Å². The summed E-state index contributed by atoms with van der Waals surface area (Å²) in [6.45, 7) is 10.4. The Kier molecular flexibility index (Phi) is 5.24. The van der Waals surface area contributed by atoms with Crippen molar-refractivity contribution in [2.45, 2.75) is 45.8 Å². The van der Waals surface area contributed by atoms with Gasteiger partial charge in [0.05, 0.1) is 5.60 Å². The molecule has 0 atom stereocenters. The molecule has 0 saturated carbocycles. The van der Waals surface area contributed by atoms with Gasteiger partial charge >= 0.3 is 0 Å². The quantitative estimate of drug-likeness (QED) is 0.730. The standard InChI is InChI=1S/C11H23NO3/c1-7-15-10(2,3)8-12-9(13)11(4,5)14-6/h7-8H2,1-6H3,(H,12,13). The van der Waals surface area contributed by atoms with Gasteiger partial charge < -0.3 is 14.8 Å². The van der Waals surface area contributed by atoms with E-state index in [2.05, 4.69) is 5.32 Å². The minimum absolute atomic E-state index is 0.127. The second-order valence-electron chi connectivity index (χ2n) is 4.59. The van der Waals surface area contributed by atoms with Crippen LogP contribution in [0.4, 0.5) is 0 Å². The summed E-state index contributed by atoms with van der Waals surface area (Å²) >= 11 is 0.